The number of allylic oxidation sites excluding steroid dienone is 1. The number of hydrogen-bond donors (Lipinski definition) is 1. The van der Waals surface area contributed by atoms with Crippen molar-refractivity contribution in [3.63, 3.8) is 0 Å². The van der Waals surface area contributed by atoms with Crippen molar-refractivity contribution in [1.29, 1.82) is 0 Å². The summed E-state index contributed by atoms with van der Waals surface area (Å²) in [7, 11) is 4.85. The quantitative estimate of drug-likeness (QED) is 0.915. The molecule has 3 rings (SSSR count). The lowest BCUT2D eigenvalue weighted by Crippen LogP contribution is -2.49. The largest absolute Gasteiger partial charge is 0.493 e. The van der Waals surface area contributed by atoms with Crippen LogP contribution in [0.25, 0.3) is 0 Å². The molecule has 0 aromatic heterocycles. The molecule has 2 amide bonds. The van der Waals surface area contributed by atoms with Crippen molar-refractivity contribution in [2.24, 2.45) is 5.41 Å². The molecule has 0 radical (unpaired) electrons. The highest BCUT2D eigenvalue weighted by Crippen LogP contribution is 2.44. The van der Waals surface area contributed by atoms with E-state index < -0.39 is 6.04 Å². The minimum absolute atomic E-state index is 0.0814. The van der Waals surface area contributed by atoms with E-state index in [-0.39, 0.29) is 17.2 Å². The van der Waals surface area contributed by atoms with Crippen LogP contribution < -0.4 is 14.8 Å². The molecular weight excluding hydrogens is 320 g/mol. The van der Waals surface area contributed by atoms with E-state index in [0.717, 1.165) is 11.3 Å². The van der Waals surface area contributed by atoms with E-state index in [0.29, 0.717) is 29.9 Å². The van der Waals surface area contributed by atoms with E-state index in [1.54, 1.807) is 32.2 Å². The van der Waals surface area contributed by atoms with Gasteiger partial charge in [0.25, 0.3) is 0 Å². The lowest BCUT2D eigenvalue weighted by atomic mass is 9.72. The third-order valence-electron chi connectivity index (χ3n) is 4.90. The van der Waals surface area contributed by atoms with Crippen molar-refractivity contribution in [2.45, 2.75) is 32.7 Å². The van der Waals surface area contributed by atoms with Crippen LogP contribution in [0.15, 0.2) is 29.5 Å². The Morgan fingerprint density at radius 1 is 1.12 bits per heavy atom. The SMILES string of the molecule is COc1ccc([C@@H]2NC(=O)N(C)C3=C2C(=O)CC(C)(C)C3)cc1OC. The molecule has 0 saturated carbocycles. The van der Waals surface area contributed by atoms with Gasteiger partial charge < -0.3 is 19.7 Å². The van der Waals surface area contributed by atoms with Crippen molar-refractivity contribution in [3.8, 4) is 11.5 Å². The summed E-state index contributed by atoms with van der Waals surface area (Å²) in [5.74, 6) is 1.26. The van der Waals surface area contributed by atoms with Crippen LogP contribution in [0.5, 0.6) is 11.5 Å². The Morgan fingerprint density at radius 2 is 1.80 bits per heavy atom. The molecule has 134 valence electrons. The van der Waals surface area contributed by atoms with Gasteiger partial charge in [-0.3, -0.25) is 4.79 Å². The zero-order valence-corrected chi connectivity index (χ0v) is 15.3. The van der Waals surface area contributed by atoms with Gasteiger partial charge in [-0.05, 0) is 29.5 Å². The number of benzene rings is 1. The number of Topliss-reactive ketones (excluding diaryl/α,β-unsaturated/α-hetero) is 1. The van der Waals surface area contributed by atoms with Gasteiger partial charge in [0.1, 0.15) is 0 Å². The van der Waals surface area contributed by atoms with E-state index in [4.69, 9.17) is 9.47 Å². The van der Waals surface area contributed by atoms with E-state index >= 15 is 0 Å². The summed E-state index contributed by atoms with van der Waals surface area (Å²) < 4.78 is 10.6. The van der Waals surface area contributed by atoms with Crippen molar-refractivity contribution < 1.29 is 19.1 Å². The molecule has 1 heterocycles. The number of methoxy groups -OCH3 is 2. The number of hydrogen-bond acceptors (Lipinski definition) is 4. The monoisotopic (exact) mass is 344 g/mol. The highest BCUT2D eigenvalue weighted by atomic mass is 16.5. The Hall–Kier alpha value is -2.50. The average molecular weight is 344 g/mol. The molecule has 1 atom stereocenters. The summed E-state index contributed by atoms with van der Waals surface area (Å²) in [4.78, 5) is 26.9. The Morgan fingerprint density at radius 3 is 2.44 bits per heavy atom. The predicted molar refractivity (Wildman–Crippen MR) is 93.6 cm³/mol. The van der Waals surface area contributed by atoms with Crippen LogP contribution in [0.2, 0.25) is 0 Å². The standard InChI is InChI=1S/C19H24N2O4/c1-19(2)9-12-16(13(22)10-19)17(20-18(23)21(12)3)11-6-7-14(24-4)15(8-11)25-5/h6-8,17H,9-10H2,1-5H3,(H,20,23)/t17-/m0/s1. The second-order valence-electron chi connectivity index (χ2n) is 7.36. The van der Waals surface area contributed by atoms with Crippen LogP contribution in [-0.2, 0) is 4.79 Å². The van der Waals surface area contributed by atoms with Crippen LogP contribution in [0.3, 0.4) is 0 Å². The predicted octanol–water partition coefficient (Wildman–Crippen LogP) is 3.04. The number of nitrogens with zero attached hydrogens (tertiary/aromatic N) is 1. The van der Waals surface area contributed by atoms with Gasteiger partial charge in [-0.15, -0.1) is 0 Å². The number of ether oxygens (including phenoxy) is 2. The molecule has 25 heavy (non-hydrogen) atoms. The van der Waals surface area contributed by atoms with Gasteiger partial charge in [-0.25, -0.2) is 4.79 Å². The summed E-state index contributed by atoms with van der Waals surface area (Å²) in [6.45, 7) is 4.11. The molecule has 6 heteroatoms. The maximum absolute atomic E-state index is 12.9. The molecule has 0 bridgehead atoms. The summed E-state index contributed by atoms with van der Waals surface area (Å²) in [6, 6.07) is 4.78. The van der Waals surface area contributed by atoms with Crippen molar-refractivity contribution in [2.75, 3.05) is 21.3 Å². The first kappa shape index (κ1) is 17.3. The number of amides is 2. The smallest absolute Gasteiger partial charge is 0.322 e. The Kier molecular flexibility index (Phi) is 4.22. The van der Waals surface area contributed by atoms with Gasteiger partial charge in [0.05, 0.1) is 20.3 Å². The fraction of sp³-hybridized carbons (Fsp3) is 0.474. The Balaban J connectivity index is 2.11. The van der Waals surface area contributed by atoms with Gasteiger partial charge in [-0.1, -0.05) is 19.9 Å². The van der Waals surface area contributed by atoms with E-state index in [1.807, 2.05) is 12.1 Å². The lowest BCUT2D eigenvalue weighted by Gasteiger charge is -2.42. The molecule has 0 unspecified atom stereocenters. The maximum Gasteiger partial charge on any atom is 0.322 e. The van der Waals surface area contributed by atoms with Crippen LogP contribution >= 0.6 is 0 Å². The highest BCUT2D eigenvalue weighted by molar-refractivity contribution is 6.01. The summed E-state index contributed by atoms with van der Waals surface area (Å²) in [5, 5.41) is 2.94. The average Bonchev–Trinajstić information content (AvgIpc) is 2.56. The molecule has 1 aliphatic carbocycles. The minimum atomic E-state index is -0.470. The first-order valence-electron chi connectivity index (χ1n) is 8.30. The summed E-state index contributed by atoms with van der Waals surface area (Å²) in [6.07, 6.45) is 1.17. The zero-order chi connectivity index (χ0) is 18.4. The molecule has 1 N–H and O–H groups in total. The number of nitrogens with one attached hydrogen (secondary N) is 1. The number of carbonyl (C=O) groups is 2. The molecule has 1 aliphatic heterocycles. The van der Waals surface area contributed by atoms with Crippen LogP contribution in [0.1, 0.15) is 38.3 Å². The van der Waals surface area contributed by atoms with Gasteiger partial charge in [0.2, 0.25) is 0 Å². The van der Waals surface area contributed by atoms with E-state index in [1.165, 1.54) is 0 Å². The van der Waals surface area contributed by atoms with Gasteiger partial charge in [0.15, 0.2) is 17.3 Å². The van der Waals surface area contributed by atoms with Crippen molar-refractivity contribution in [3.05, 3.63) is 35.0 Å². The van der Waals surface area contributed by atoms with Crippen molar-refractivity contribution >= 4 is 11.8 Å². The Bertz CT molecular complexity index is 767. The fourth-order valence-electron chi connectivity index (χ4n) is 3.63. The molecule has 0 spiro atoms. The van der Waals surface area contributed by atoms with E-state index in [9.17, 15) is 9.59 Å². The number of ketones is 1. The number of carbonyl (C=O) groups excluding carboxylic acids is 2. The van der Waals surface area contributed by atoms with Crippen LogP contribution in [0, 0.1) is 5.41 Å². The first-order valence-corrected chi connectivity index (χ1v) is 8.30. The first-order chi connectivity index (χ1) is 11.8. The third-order valence-corrected chi connectivity index (χ3v) is 4.90. The second-order valence-corrected chi connectivity index (χ2v) is 7.36. The van der Waals surface area contributed by atoms with Gasteiger partial charge in [-0.2, -0.15) is 0 Å². The molecule has 0 fully saturated rings. The molecule has 6 nitrogen and oxygen atoms in total. The van der Waals surface area contributed by atoms with Crippen molar-refractivity contribution in [1.82, 2.24) is 10.2 Å². The molecular formula is C19H24N2O4. The lowest BCUT2D eigenvalue weighted by molar-refractivity contribution is -0.118. The zero-order valence-electron chi connectivity index (χ0n) is 15.3. The normalized spacial score (nSPS) is 22.4. The number of rotatable bonds is 3. The highest BCUT2D eigenvalue weighted by Gasteiger charge is 2.42. The maximum atomic E-state index is 12.9. The Labute approximate surface area is 147 Å². The summed E-state index contributed by atoms with van der Waals surface area (Å²) >= 11 is 0. The molecule has 0 saturated heterocycles. The number of urea groups is 1. The fourth-order valence-corrected chi connectivity index (χ4v) is 3.63. The molecule has 1 aromatic carbocycles. The van der Waals surface area contributed by atoms with Gasteiger partial charge in [0, 0.05) is 24.7 Å². The van der Waals surface area contributed by atoms with Gasteiger partial charge >= 0.3 is 6.03 Å². The third kappa shape index (κ3) is 2.97. The van der Waals surface area contributed by atoms with Crippen LogP contribution in [-0.4, -0.2) is 38.0 Å². The molecule has 2 aliphatic rings. The minimum Gasteiger partial charge on any atom is -0.493 e. The topological polar surface area (TPSA) is 67.9 Å². The van der Waals surface area contributed by atoms with E-state index in [2.05, 4.69) is 19.2 Å². The molecule has 1 aromatic rings. The second kappa shape index (κ2) is 6.10. The summed E-state index contributed by atoms with van der Waals surface area (Å²) in [5.41, 5.74) is 2.14. The van der Waals surface area contributed by atoms with Crippen LogP contribution in [0.4, 0.5) is 4.79 Å².